The van der Waals surface area contributed by atoms with E-state index in [1.807, 2.05) is 12.4 Å². The molecule has 0 bridgehead atoms. The Kier molecular flexibility index (Phi) is 5.60. The molecule has 0 unspecified atom stereocenters. The van der Waals surface area contributed by atoms with Crippen LogP contribution in [-0.2, 0) is 16.6 Å². The van der Waals surface area contributed by atoms with E-state index >= 15 is 0 Å². The van der Waals surface area contributed by atoms with E-state index in [0.29, 0.717) is 11.4 Å². The molecule has 0 atom stereocenters. The van der Waals surface area contributed by atoms with Gasteiger partial charge in [-0.1, -0.05) is 25.7 Å². The van der Waals surface area contributed by atoms with E-state index in [9.17, 15) is 8.42 Å². The highest BCUT2D eigenvalue weighted by Crippen LogP contribution is 2.29. The molecule has 0 aliphatic heterocycles. The van der Waals surface area contributed by atoms with Crippen molar-refractivity contribution in [2.45, 2.75) is 56.0 Å². The molecule has 0 radical (unpaired) electrons. The molecule has 0 saturated heterocycles. The van der Waals surface area contributed by atoms with Crippen LogP contribution in [0.25, 0.3) is 0 Å². The lowest BCUT2D eigenvalue weighted by Gasteiger charge is -2.26. The van der Waals surface area contributed by atoms with E-state index in [4.69, 9.17) is 0 Å². The van der Waals surface area contributed by atoms with Crippen LogP contribution >= 0.6 is 11.3 Å². The van der Waals surface area contributed by atoms with Crippen LogP contribution in [0.2, 0.25) is 0 Å². The Morgan fingerprint density at radius 2 is 1.95 bits per heavy atom. The number of nitrogens with zero attached hydrogens (tertiary/aromatic N) is 1. The molecular formula is C14H24N2O2S2. The summed E-state index contributed by atoms with van der Waals surface area (Å²) in [5.41, 5.74) is 0. The zero-order valence-electron chi connectivity index (χ0n) is 12.3. The highest BCUT2D eigenvalue weighted by Gasteiger charge is 2.30. The summed E-state index contributed by atoms with van der Waals surface area (Å²) >= 11 is 1.50. The molecule has 1 aliphatic rings. The van der Waals surface area contributed by atoms with E-state index in [2.05, 4.69) is 5.32 Å². The van der Waals surface area contributed by atoms with Gasteiger partial charge < -0.3 is 5.32 Å². The lowest BCUT2D eigenvalue weighted by molar-refractivity contribution is 0.335. The van der Waals surface area contributed by atoms with Crippen LogP contribution in [0.15, 0.2) is 16.3 Å². The third-order valence-corrected chi connectivity index (χ3v) is 7.08. The van der Waals surface area contributed by atoms with Crippen molar-refractivity contribution in [2.75, 3.05) is 14.1 Å². The van der Waals surface area contributed by atoms with Crippen LogP contribution in [0, 0.1) is 0 Å². The standard InChI is InChI=1S/C14H24N2O2S2/c1-15-11-13-14(9-10-19-13)20(17,18)16(2)12-7-5-3-4-6-8-12/h9-10,12,15H,3-8,11H2,1-2H3. The maximum absolute atomic E-state index is 12.8. The third-order valence-electron chi connectivity index (χ3n) is 4.04. The first-order chi connectivity index (χ1) is 9.57. The fourth-order valence-electron chi connectivity index (χ4n) is 2.82. The van der Waals surface area contributed by atoms with Crippen LogP contribution in [0.1, 0.15) is 43.4 Å². The van der Waals surface area contributed by atoms with Crippen LogP contribution in [0.3, 0.4) is 0 Å². The minimum absolute atomic E-state index is 0.157. The highest BCUT2D eigenvalue weighted by atomic mass is 32.2. The minimum Gasteiger partial charge on any atom is -0.315 e. The Morgan fingerprint density at radius 1 is 1.30 bits per heavy atom. The first kappa shape index (κ1) is 15.9. The summed E-state index contributed by atoms with van der Waals surface area (Å²) in [7, 11) is 0.220. The summed E-state index contributed by atoms with van der Waals surface area (Å²) in [5, 5.41) is 4.90. The molecule has 1 N–H and O–H groups in total. The predicted molar refractivity (Wildman–Crippen MR) is 83.5 cm³/mol. The van der Waals surface area contributed by atoms with Gasteiger partial charge in [-0.05, 0) is 31.3 Å². The number of sulfonamides is 1. The Bertz CT molecular complexity index is 517. The first-order valence-corrected chi connectivity index (χ1v) is 9.58. The molecule has 1 aromatic rings. The van der Waals surface area contributed by atoms with Crippen LogP contribution in [0.5, 0.6) is 0 Å². The maximum Gasteiger partial charge on any atom is 0.244 e. The molecule has 1 aliphatic carbocycles. The van der Waals surface area contributed by atoms with Crippen molar-refractivity contribution >= 4 is 21.4 Å². The van der Waals surface area contributed by atoms with Gasteiger partial charge in [-0.2, -0.15) is 4.31 Å². The summed E-state index contributed by atoms with van der Waals surface area (Å²) in [6.45, 7) is 0.602. The van der Waals surface area contributed by atoms with E-state index < -0.39 is 10.0 Å². The van der Waals surface area contributed by atoms with Crippen LogP contribution in [-0.4, -0.2) is 32.9 Å². The van der Waals surface area contributed by atoms with Gasteiger partial charge in [0.1, 0.15) is 0 Å². The molecule has 0 amide bonds. The second-order valence-corrected chi connectivity index (χ2v) is 8.37. The van der Waals surface area contributed by atoms with Gasteiger partial charge in [0.15, 0.2) is 0 Å². The summed E-state index contributed by atoms with van der Waals surface area (Å²) in [5.74, 6) is 0. The van der Waals surface area contributed by atoms with Gasteiger partial charge in [-0.25, -0.2) is 8.42 Å². The summed E-state index contributed by atoms with van der Waals surface area (Å²) in [4.78, 5) is 1.37. The van der Waals surface area contributed by atoms with Crippen molar-refractivity contribution in [1.29, 1.82) is 0 Å². The van der Waals surface area contributed by atoms with Crippen LogP contribution in [0.4, 0.5) is 0 Å². The smallest absolute Gasteiger partial charge is 0.244 e. The first-order valence-electron chi connectivity index (χ1n) is 7.26. The van der Waals surface area contributed by atoms with E-state index in [1.165, 1.54) is 24.2 Å². The van der Waals surface area contributed by atoms with Crippen molar-refractivity contribution in [2.24, 2.45) is 0 Å². The quantitative estimate of drug-likeness (QED) is 0.850. The second-order valence-electron chi connectivity index (χ2n) is 5.40. The molecule has 114 valence electrons. The van der Waals surface area contributed by atoms with E-state index in [-0.39, 0.29) is 6.04 Å². The number of hydrogen-bond acceptors (Lipinski definition) is 4. The van der Waals surface area contributed by atoms with E-state index in [0.717, 1.165) is 30.6 Å². The topological polar surface area (TPSA) is 49.4 Å². The largest absolute Gasteiger partial charge is 0.315 e. The Labute approximate surface area is 126 Å². The van der Waals surface area contributed by atoms with Gasteiger partial charge >= 0.3 is 0 Å². The molecule has 20 heavy (non-hydrogen) atoms. The number of thiophene rings is 1. The maximum atomic E-state index is 12.8. The Hall–Kier alpha value is -0.430. The molecule has 1 aromatic heterocycles. The summed E-state index contributed by atoms with van der Waals surface area (Å²) in [6, 6.07) is 1.89. The fourth-order valence-corrected chi connectivity index (χ4v) is 5.66. The van der Waals surface area contributed by atoms with Gasteiger partial charge in [-0.3, -0.25) is 0 Å². The minimum atomic E-state index is -3.36. The van der Waals surface area contributed by atoms with Crippen molar-refractivity contribution < 1.29 is 8.42 Å². The van der Waals surface area contributed by atoms with Gasteiger partial charge in [0, 0.05) is 24.5 Å². The highest BCUT2D eigenvalue weighted by molar-refractivity contribution is 7.89. The molecule has 0 spiro atoms. The summed E-state index contributed by atoms with van der Waals surface area (Å²) in [6.07, 6.45) is 6.71. The van der Waals surface area contributed by atoms with Gasteiger partial charge in [-0.15, -0.1) is 11.3 Å². The van der Waals surface area contributed by atoms with Crippen molar-refractivity contribution in [1.82, 2.24) is 9.62 Å². The number of nitrogens with one attached hydrogen (secondary N) is 1. The normalized spacial score (nSPS) is 18.4. The molecule has 6 heteroatoms. The van der Waals surface area contributed by atoms with Crippen molar-refractivity contribution in [3.63, 3.8) is 0 Å². The Balaban J connectivity index is 2.21. The summed E-state index contributed by atoms with van der Waals surface area (Å²) < 4.78 is 27.2. The van der Waals surface area contributed by atoms with E-state index in [1.54, 1.807) is 17.4 Å². The number of hydrogen-bond donors (Lipinski definition) is 1. The molecule has 1 saturated carbocycles. The molecule has 1 fully saturated rings. The van der Waals surface area contributed by atoms with Crippen LogP contribution < -0.4 is 5.32 Å². The molecule has 4 nitrogen and oxygen atoms in total. The zero-order valence-corrected chi connectivity index (χ0v) is 13.9. The van der Waals surface area contributed by atoms with Gasteiger partial charge in [0.05, 0.1) is 4.90 Å². The van der Waals surface area contributed by atoms with Gasteiger partial charge in [0.2, 0.25) is 10.0 Å². The van der Waals surface area contributed by atoms with Gasteiger partial charge in [0.25, 0.3) is 0 Å². The second kappa shape index (κ2) is 7.02. The molecule has 0 aromatic carbocycles. The number of rotatable bonds is 5. The predicted octanol–water partition coefficient (Wildman–Crippen LogP) is 2.81. The molecule has 2 rings (SSSR count). The SMILES string of the molecule is CNCc1sccc1S(=O)(=O)N(C)C1CCCCCC1. The average Bonchev–Trinajstić information content (AvgIpc) is 2.73. The monoisotopic (exact) mass is 316 g/mol. The lowest BCUT2D eigenvalue weighted by Crippen LogP contribution is -2.37. The molecule has 1 heterocycles. The molecular weight excluding hydrogens is 292 g/mol. The zero-order chi connectivity index (χ0) is 14.6. The lowest BCUT2D eigenvalue weighted by atomic mass is 10.1. The van der Waals surface area contributed by atoms with Crippen molar-refractivity contribution in [3.8, 4) is 0 Å². The third kappa shape index (κ3) is 3.42. The van der Waals surface area contributed by atoms with Crippen molar-refractivity contribution in [3.05, 3.63) is 16.3 Å². The average molecular weight is 316 g/mol. The Morgan fingerprint density at radius 3 is 2.55 bits per heavy atom. The fraction of sp³-hybridized carbons (Fsp3) is 0.714.